The molecule has 0 aliphatic carbocycles. The van der Waals surface area contributed by atoms with Crippen molar-refractivity contribution < 1.29 is 14.7 Å². The molecule has 0 radical (unpaired) electrons. The Labute approximate surface area is 114 Å². The molecular formula is C12H15BrN2O3. The lowest BCUT2D eigenvalue weighted by Crippen LogP contribution is -2.37. The van der Waals surface area contributed by atoms with Crippen molar-refractivity contribution >= 4 is 27.8 Å². The fraction of sp³-hybridized carbons (Fsp3) is 0.333. The Morgan fingerprint density at radius 1 is 1.39 bits per heavy atom. The monoisotopic (exact) mass is 314 g/mol. The molecule has 5 nitrogen and oxygen atoms in total. The Morgan fingerprint density at radius 2 is 2.06 bits per heavy atom. The van der Waals surface area contributed by atoms with Crippen LogP contribution in [0.15, 0.2) is 28.7 Å². The second-order valence-corrected chi connectivity index (χ2v) is 4.79. The van der Waals surface area contributed by atoms with E-state index in [1.807, 2.05) is 29.2 Å². The molecule has 0 aromatic heterocycles. The van der Waals surface area contributed by atoms with Crippen molar-refractivity contribution in [1.29, 1.82) is 0 Å². The molecule has 0 heterocycles. The van der Waals surface area contributed by atoms with E-state index in [-0.39, 0.29) is 19.0 Å². The third-order valence-corrected chi connectivity index (χ3v) is 3.02. The molecule has 0 spiro atoms. The van der Waals surface area contributed by atoms with E-state index in [0.29, 0.717) is 6.54 Å². The summed E-state index contributed by atoms with van der Waals surface area (Å²) in [6.45, 7) is 0.429. The van der Waals surface area contributed by atoms with E-state index in [2.05, 4.69) is 21.2 Å². The summed E-state index contributed by atoms with van der Waals surface area (Å²) in [4.78, 5) is 23.5. The van der Waals surface area contributed by atoms with Crippen molar-refractivity contribution in [2.75, 3.05) is 20.1 Å². The minimum Gasteiger partial charge on any atom is -0.480 e. The smallest absolute Gasteiger partial charge is 0.322 e. The highest BCUT2D eigenvalue weighted by Crippen LogP contribution is 2.16. The van der Waals surface area contributed by atoms with Crippen LogP contribution < -0.4 is 5.32 Å². The zero-order chi connectivity index (χ0) is 13.5. The largest absolute Gasteiger partial charge is 0.480 e. The second-order valence-electron chi connectivity index (χ2n) is 3.93. The van der Waals surface area contributed by atoms with Crippen molar-refractivity contribution in [3.05, 3.63) is 34.3 Å². The van der Waals surface area contributed by atoms with Gasteiger partial charge in [-0.05, 0) is 18.7 Å². The first-order chi connectivity index (χ1) is 8.49. The predicted octanol–water partition coefficient (Wildman–Crippen LogP) is 1.08. The molecule has 0 fully saturated rings. The van der Waals surface area contributed by atoms with Crippen LogP contribution in [0.2, 0.25) is 0 Å². The van der Waals surface area contributed by atoms with Gasteiger partial charge in [0.1, 0.15) is 6.54 Å². The standard InChI is InChI=1S/C12H15BrN2O3/c1-15(8-11(16)14-6-12(17)18)7-9-4-2-3-5-10(9)13/h2-5H,6-8H2,1H3,(H,14,16)(H,17,18). The molecule has 0 unspecified atom stereocenters. The Morgan fingerprint density at radius 3 is 2.67 bits per heavy atom. The summed E-state index contributed by atoms with van der Waals surface area (Å²) >= 11 is 3.44. The van der Waals surface area contributed by atoms with Gasteiger partial charge < -0.3 is 10.4 Å². The number of hydrogen-bond acceptors (Lipinski definition) is 3. The number of nitrogens with one attached hydrogen (secondary N) is 1. The maximum absolute atomic E-state index is 11.4. The molecule has 0 aliphatic rings. The molecule has 0 atom stereocenters. The van der Waals surface area contributed by atoms with E-state index in [0.717, 1.165) is 10.0 Å². The van der Waals surface area contributed by atoms with E-state index in [1.54, 1.807) is 7.05 Å². The van der Waals surface area contributed by atoms with Crippen LogP contribution in [0, 0.1) is 0 Å². The number of hydrogen-bond donors (Lipinski definition) is 2. The average Bonchev–Trinajstić information content (AvgIpc) is 2.29. The lowest BCUT2D eigenvalue weighted by molar-refractivity contribution is -0.138. The van der Waals surface area contributed by atoms with Gasteiger partial charge in [0.05, 0.1) is 6.54 Å². The maximum atomic E-state index is 11.4. The van der Waals surface area contributed by atoms with Gasteiger partial charge in [0.15, 0.2) is 0 Å². The fourth-order valence-corrected chi connectivity index (χ4v) is 1.86. The molecule has 6 heteroatoms. The van der Waals surface area contributed by atoms with E-state index in [1.165, 1.54) is 0 Å². The Bertz CT molecular complexity index is 437. The number of carboxylic acids is 1. The zero-order valence-corrected chi connectivity index (χ0v) is 11.6. The van der Waals surface area contributed by atoms with Crippen LogP contribution in [0.25, 0.3) is 0 Å². The molecule has 2 N–H and O–H groups in total. The molecule has 1 aromatic carbocycles. The summed E-state index contributed by atoms with van der Waals surface area (Å²) < 4.78 is 0.989. The highest BCUT2D eigenvalue weighted by atomic mass is 79.9. The molecular weight excluding hydrogens is 300 g/mol. The molecule has 0 saturated carbocycles. The number of rotatable bonds is 6. The van der Waals surface area contributed by atoms with Crippen LogP contribution in [0.1, 0.15) is 5.56 Å². The lowest BCUT2D eigenvalue weighted by atomic mass is 10.2. The number of carbonyl (C=O) groups is 2. The predicted molar refractivity (Wildman–Crippen MR) is 71.1 cm³/mol. The van der Waals surface area contributed by atoms with Gasteiger partial charge in [-0.25, -0.2) is 0 Å². The summed E-state index contributed by atoms with van der Waals surface area (Å²) in [5.74, 6) is -1.34. The van der Waals surface area contributed by atoms with Crippen LogP contribution >= 0.6 is 15.9 Å². The van der Waals surface area contributed by atoms with E-state index in [4.69, 9.17) is 5.11 Å². The van der Waals surface area contributed by atoms with Crippen molar-refractivity contribution in [2.24, 2.45) is 0 Å². The summed E-state index contributed by atoms with van der Waals surface area (Å²) in [5.41, 5.74) is 1.08. The third-order valence-electron chi connectivity index (χ3n) is 2.25. The number of carbonyl (C=O) groups excluding carboxylic acids is 1. The molecule has 1 rings (SSSR count). The van der Waals surface area contributed by atoms with Crippen LogP contribution in [0.5, 0.6) is 0 Å². The highest BCUT2D eigenvalue weighted by molar-refractivity contribution is 9.10. The number of benzene rings is 1. The van der Waals surface area contributed by atoms with Crippen molar-refractivity contribution in [3.63, 3.8) is 0 Å². The van der Waals surface area contributed by atoms with E-state index in [9.17, 15) is 9.59 Å². The highest BCUT2D eigenvalue weighted by Gasteiger charge is 2.09. The first-order valence-electron chi connectivity index (χ1n) is 5.39. The maximum Gasteiger partial charge on any atom is 0.322 e. The van der Waals surface area contributed by atoms with Gasteiger partial charge in [0, 0.05) is 11.0 Å². The van der Waals surface area contributed by atoms with Gasteiger partial charge >= 0.3 is 5.97 Å². The number of amides is 1. The van der Waals surface area contributed by atoms with Gasteiger partial charge in [0.25, 0.3) is 0 Å². The molecule has 98 valence electrons. The average molecular weight is 315 g/mol. The van der Waals surface area contributed by atoms with Crippen LogP contribution in [0.4, 0.5) is 0 Å². The molecule has 1 aromatic rings. The summed E-state index contributed by atoms with van der Waals surface area (Å²) in [7, 11) is 1.81. The summed E-state index contributed by atoms with van der Waals surface area (Å²) in [5, 5.41) is 10.8. The number of likely N-dealkylation sites (N-methyl/N-ethyl adjacent to an activating group) is 1. The summed E-state index contributed by atoms with van der Waals surface area (Å²) in [6.07, 6.45) is 0. The molecule has 1 amide bonds. The quantitative estimate of drug-likeness (QED) is 0.824. The van der Waals surface area contributed by atoms with Gasteiger partial charge in [-0.1, -0.05) is 34.1 Å². The molecule has 0 saturated heterocycles. The van der Waals surface area contributed by atoms with Crippen molar-refractivity contribution in [3.8, 4) is 0 Å². The van der Waals surface area contributed by atoms with Gasteiger partial charge in [-0.2, -0.15) is 0 Å². The minimum absolute atomic E-state index is 0.161. The van der Waals surface area contributed by atoms with Gasteiger partial charge in [0.2, 0.25) is 5.91 Å². The minimum atomic E-state index is -1.04. The topological polar surface area (TPSA) is 69.6 Å². The molecule has 18 heavy (non-hydrogen) atoms. The number of carboxylic acid groups (broad SMARTS) is 1. The van der Waals surface area contributed by atoms with E-state index >= 15 is 0 Å². The van der Waals surface area contributed by atoms with Crippen molar-refractivity contribution in [1.82, 2.24) is 10.2 Å². The zero-order valence-electron chi connectivity index (χ0n) is 10.0. The second kappa shape index (κ2) is 7.13. The van der Waals surface area contributed by atoms with Crippen molar-refractivity contribution in [2.45, 2.75) is 6.54 Å². The number of aliphatic carboxylic acids is 1. The van der Waals surface area contributed by atoms with Gasteiger partial charge in [-0.3, -0.25) is 14.5 Å². The first kappa shape index (κ1) is 14.7. The van der Waals surface area contributed by atoms with Crippen LogP contribution in [0.3, 0.4) is 0 Å². The number of nitrogens with zero attached hydrogens (tertiary/aromatic N) is 1. The summed E-state index contributed by atoms with van der Waals surface area (Å²) in [6, 6.07) is 7.76. The lowest BCUT2D eigenvalue weighted by Gasteiger charge is -2.16. The SMILES string of the molecule is CN(CC(=O)NCC(=O)O)Cc1ccccc1Br. The fourth-order valence-electron chi connectivity index (χ4n) is 1.45. The normalized spacial score (nSPS) is 10.4. The van der Waals surface area contributed by atoms with Crippen LogP contribution in [-0.2, 0) is 16.1 Å². The first-order valence-corrected chi connectivity index (χ1v) is 6.19. The van der Waals surface area contributed by atoms with E-state index < -0.39 is 5.97 Å². The third kappa shape index (κ3) is 5.29. The molecule has 0 bridgehead atoms. The number of halogens is 1. The Balaban J connectivity index is 2.42. The van der Waals surface area contributed by atoms with Gasteiger partial charge in [-0.15, -0.1) is 0 Å². The Kier molecular flexibility index (Phi) is 5.80. The molecule has 0 aliphatic heterocycles. The van der Waals surface area contributed by atoms with Crippen LogP contribution in [-0.4, -0.2) is 42.0 Å². The Hall–Kier alpha value is -1.40.